The van der Waals surface area contributed by atoms with Crippen LogP contribution in [0.15, 0.2) is 61.2 Å². The summed E-state index contributed by atoms with van der Waals surface area (Å²) < 4.78 is 0. The Morgan fingerprint density at radius 1 is 1.07 bits per heavy atom. The minimum Gasteiger partial charge on any atom is -0.399 e. The molecule has 0 aliphatic carbocycles. The molecule has 0 spiro atoms. The third-order valence-corrected chi connectivity index (χ3v) is 5.91. The molecule has 5 heteroatoms. The van der Waals surface area contributed by atoms with E-state index in [-0.39, 0.29) is 11.9 Å². The van der Waals surface area contributed by atoms with Gasteiger partial charge in [0, 0.05) is 57.1 Å². The van der Waals surface area contributed by atoms with Crippen molar-refractivity contribution in [3.05, 3.63) is 77.9 Å². The summed E-state index contributed by atoms with van der Waals surface area (Å²) >= 11 is 0. The summed E-state index contributed by atoms with van der Waals surface area (Å²) in [6.45, 7) is 14.2. The number of anilines is 1. The van der Waals surface area contributed by atoms with E-state index < -0.39 is 0 Å². The topological polar surface area (TPSA) is 52.8 Å². The number of carbonyl (C=O) groups is 1. The van der Waals surface area contributed by atoms with Crippen LogP contribution in [-0.2, 0) is 0 Å². The lowest BCUT2D eigenvalue weighted by atomic mass is 9.95. The maximum absolute atomic E-state index is 12.7. The Bertz CT molecular complexity index is 836. The van der Waals surface area contributed by atoms with E-state index in [9.17, 15) is 4.79 Å². The first-order valence-electron chi connectivity index (χ1n) is 10.9. The summed E-state index contributed by atoms with van der Waals surface area (Å²) in [5.74, 6) is 0.0881. The van der Waals surface area contributed by atoms with Crippen molar-refractivity contribution in [3.8, 4) is 0 Å². The molecule has 160 valence electrons. The molecule has 1 atom stereocenters. The normalized spacial score (nSPS) is 16.2. The lowest BCUT2D eigenvalue weighted by Gasteiger charge is -2.39. The van der Waals surface area contributed by atoms with E-state index in [0.29, 0.717) is 0 Å². The van der Waals surface area contributed by atoms with Crippen LogP contribution in [0.25, 0.3) is 0 Å². The monoisotopic (exact) mass is 406 g/mol. The molecule has 0 aromatic heterocycles. The number of piperazine rings is 1. The van der Waals surface area contributed by atoms with Gasteiger partial charge in [-0.2, -0.15) is 0 Å². The van der Waals surface area contributed by atoms with Crippen molar-refractivity contribution in [1.29, 1.82) is 0 Å². The van der Waals surface area contributed by atoms with Crippen molar-refractivity contribution in [1.82, 2.24) is 14.7 Å². The van der Waals surface area contributed by atoms with Gasteiger partial charge in [0.2, 0.25) is 0 Å². The molecule has 0 radical (unpaired) electrons. The summed E-state index contributed by atoms with van der Waals surface area (Å²) in [6, 6.07) is 16.4. The molecular weight excluding hydrogens is 372 g/mol. The maximum Gasteiger partial charge on any atom is 0.253 e. The minimum atomic E-state index is 0.0881. The number of nitrogens with two attached hydrogens (primary N) is 1. The summed E-state index contributed by atoms with van der Waals surface area (Å²) in [5, 5.41) is 0. The lowest BCUT2D eigenvalue weighted by Crippen LogP contribution is -2.47. The van der Waals surface area contributed by atoms with Crippen molar-refractivity contribution in [2.45, 2.75) is 19.9 Å². The number of nitrogens with zero attached hydrogens (tertiary/aromatic N) is 3. The fourth-order valence-corrected chi connectivity index (χ4v) is 4.23. The third kappa shape index (κ3) is 5.10. The maximum atomic E-state index is 12.7. The number of carbonyl (C=O) groups excluding carboxylic acids is 1. The van der Waals surface area contributed by atoms with E-state index in [2.05, 4.69) is 40.6 Å². The summed E-state index contributed by atoms with van der Waals surface area (Å²) in [4.78, 5) is 19.5. The van der Waals surface area contributed by atoms with Crippen molar-refractivity contribution >= 4 is 11.6 Å². The van der Waals surface area contributed by atoms with Crippen LogP contribution in [0.1, 0.15) is 41.4 Å². The minimum absolute atomic E-state index is 0.0881. The Morgan fingerprint density at radius 2 is 1.73 bits per heavy atom. The van der Waals surface area contributed by atoms with Gasteiger partial charge in [-0.3, -0.25) is 14.6 Å². The quantitative estimate of drug-likeness (QED) is 0.537. The number of hydrogen-bond donors (Lipinski definition) is 1. The molecule has 3 rings (SSSR count). The largest absolute Gasteiger partial charge is 0.399 e. The van der Waals surface area contributed by atoms with Crippen LogP contribution in [0.2, 0.25) is 0 Å². The zero-order chi connectivity index (χ0) is 21.5. The van der Waals surface area contributed by atoms with E-state index >= 15 is 0 Å². The first-order valence-corrected chi connectivity index (χ1v) is 10.9. The van der Waals surface area contributed by atoms with Gasteiger partial charge in [0.1, 0.15) is 0 Å². The molecule has 1 amide bonds. The summed E-state index contributed by atoms with van der Waals surface area (Å²) in [6.07, 6.45) is 1.97. The van der Waals surface area contributed by atoms with Crippen molar-refractivity contribution < 1.29 is 4.79 Å². The van der Waals surface area contributed by atoms with Crippen LogP contribution in [0.3, 0.4) is 0 Å². The predicted octanol–water partition coefficient (Wildman–Crippen LogP) is 3.64. The fraction of sp³-hybridized carbons (Fsp3) is 0.400. The second-order valence-electron chi connectivity index (χ2n) is 7.80. The molecule has 1 saturated heterocycles. The highest BCUT2D eigenvalue weighted by atomic mass is 16.2. The Labute approximate surface area is 180 Å². The Hall–Kier alpha value is -2.63. The Kier molecular flexibility index (Phi) is 7.66. The molecule has 1 heterocycles. The number of hydrogen-bond acceptors (Lipinski definition) is 4. The van der Waals surface area contributed by atoms with Gasteiger partial charge in [-0.25, -0.2) is 0 Å². The van der Waals surface area contributed by atoms with E-state index in [1.54, 1.807) is 0 Å². The molecule has 1 aliphatic rings. The second kappa shape index (κ2) is 10.4. The lowest BCUT2D eigenvalue weighted by molar-refractivity contribution is 0.0773. The average Bonchev–Trinajstić information content (AvgIpc) is 2.77. The molecular formula is C25H34N4O. The van der Waals surface area contributed by atoms with E-state index in [1.165, 1.54) is 11.1 Å². The first-order chi connectivity index (χ1) is 14.6. The molecule has 1 aliphatic heterocycles. The smallest absolute Gasteiger partial charge is 0.253 e. The van der Waals surface area contributed by atoms with Gasteiger partial charge in [0.05, 0.1) is 6.04 Å². The van der Waals surface area contributed by atoms with Gasteiger partial charge in [0.25, 0.3) is 5.91 Å². The van der Waals surface area contributed by atoms with Gasteiger partial charge < -0.3 is 10.6 Å². The molecule has 1 fully saturated rings. The van der Waals surface area contributed by atoms with Crippen LogP contribution < -0.4 is 5.73 Å². The van der Waals surface area contributed by atoms with Crippen molar-refractivity contribution in [2.24, 2.45) is 0 Å². The van der Waals surface area contributed by atoms with Gasteiger partial charge in [0.15, 0.2) is 0 Å². The zero-order valence-corrected chi connectivity index (χ0v) is 18.3. The third-order valence-electron chi connectivity index (χ3n) is 5.91. The fourth-order valence-electron chi connectivity index (χ4n) is 4.23. The molecule has 2 aromatic rings. The van der Waals surface area contributed by atoms with E-state index in [0.717, 1.165) is 57.1 Å². The highest BCUT2D eigenvalue weighted by molar-refractivity contribution is 5.94. The molecule has 5 nitrogen and oxygen atoms in total. The highest BCUT2D eigenvalue weighted by Crippen LogP contribution is 2.31. The standard InChI is InChI=1S/C25H34N4O/c1-4-14-27-15-17-29(18-16-27)24(22-8-7-9-23(26)19-22)20-10-12-21(13-11-20)25(30)28(5-2)6-3/h4,7-13,19,24H,1,5-6,14-18,26H2,2-3H3/t24-/m1/s1. The van der Waals surface area contributed by atoms with Gasteiger partial charge in [-0.1, -0.05) is 30.3 Å². The molecule has 0 bridgehead atoms. The second-order valence-corrected chi connectivity index (χ2v) is 7.80. The van der Waals surface area contributed by atoms with Crippen LogP contribution in [-0.4, -0.2) is 66.4 Å². The number of rotatable bonds is 8. The van der Waals surface area contributed by atoms with Crippen LogP contribution >= 0.6 is 0 Å². The van der Waals surface area contributed by atoms with E-state index in [4.69, 9.17) is 5.73 Å². The van der Waals surface area contributed by atoms with Crippen LogP contribution in [0, 0.1) is 0 Å². The molecule has 2 aromatic carbocycles. The molecule has 0 unspecified atom stereocenters. The van der Waals surface area contributed by atoms with E-state index in [1.807, 2.05) is 49.1 Å². The SMILES string of the molecule is C=CCN1CCN([C@H](c2ccc(C(=O)N(CC)CC)cc2)c2cccc(N)c2)CC1. The van der Waals surface area contributed by atoms with Gasteiger partial charge in [-0.05, 0) is 49.2 Å². The van der Waals surface area contributed by atoms with Crippen LogP contribution in [0.4, 0.5) is 5.69 Å². The van der Waals surface area contributed by atoms with Crippen LogP contribution in [0.5, 0.6) is 0 Å². The Balaban J connectivity index is 1.87. The van der Waals surface area contributed by atoms with Crippen molar-refractivity contribution in [2.75, 3.05) is 51.5 Å². The molecule has 0 saturated carbocycles. The molecule has 30 heavy (non-hydrogen) atoms. The van der Waals surface area contributed by atoms with Crippen molar-refractivity contribution in [3.63, 3.8) is 0 Å². The summed E-state index contributed by atoms with van der Waals surface area (Å²) in [7, 11) is 0. The zero-order valence-electron chi connectivity index (χ0n) is 18.3. The number of amides is 1. The predicted molar refractivity (Wildman–Crippen MR) is 125 cm³/mol. The average molecular weight is 407 g/mol. The molecule has 2 N–H and O–H groups in total. The number of benzene rings is 2. The first kappa shape index (κ1) is 22.1. The van der Waals surface area contributed by atoms with Gasteiger partial charge >= 0.3 is 0 Å². The number of nitrogen functional groups attached to an aromatic ring is 1. The summed E-state index contributed by atoms with van der Waals surface area (Å²) in [5.41, 5.74) is 10.00. The Morgan fingerprint density at radius 3 is 2.30 bits per heavy atom. The highest BCUT2D eigenvalue weighted by Gasteiger charge is 2.26. The van der Waals surface area contributed by atoms with Gasteiger partial charge in [-0.15, -0.1) is 6.58 Å².